The minimum atomic E-state index is -0.585. The summed E-state index contributed by atoms with van der Waals surface area (Å²) in [5.74, 6) is 0.780. The number of hydrogen-bond donors (Lipinski definition) is 2. The predicted octanol–water partition coefficient (Wildman–Crippen LogP) is 2.94. The number of rotatable bonds is 7. The molecule has 0 aliphatic heterocycles. The van der Waals surface area contributed by atoms with Crippen LogP contribution in [0.1, 0.15) is 31.2 Å². The highest BCUT2D eigenvalue weighted by Gasteiger charge is 2.09. The molecular formula is C19H23N3O2. The van der Waals surface area contributed by atoms with Gasteiger partial charge in [0.1, 0.15) is 11.4 Å². The molecule has 2 heterocycles. The van der Waals surface area contributed by atoms with Crippen LogP contribution in [0.3, 0.4) is 0 Å². The van der Waals surface area contributed by atoms with Gasteiger partial charge in [-0.1, -0.05) is 18.2 Å². The number of aliphatic hydroxyl groups excluding tert-OH is 1. The zero-order valence-corrected chi connectivity index (χ0v) is 14.0. The smallest absolute Gasteiger partial charge is 0.137 e. The van der Waals surface area contributed by atoms with Crippen LogP contribution in [0.5, 0.6) is 5.75 Å². The molecule has 0 aliphatic carbocycles. The molecule has 1 unspecified atom stereocenters. The summed E-state index contributed by atoms with van der Waals surface area (Å²) in [5.41, 5.74) is 2.72. The van der Waals surface area contributed by atoms with Crippen LogP contribution in [0.25, 0.3) is 5.65 Å². The number of benzene rings is 1. The Morgan fingerprint density at radius 1 is 1.21 bits per heavy atom. The summed E-state index contributed by atoms with van der Waals surface area (Å²) in [6.07, 6.45) is 3.50. The van der Waals surface area contributed by atoms with Crippen molar-refractivity contribution in [2.75, 3.05) is 6.54 Å². The van der Waals surface area contributed by atoms with E-state index in [4.69, 9.17) is 4.74 Å². The largest absolute Gasteiger partial charge is 0.491 e. The number of nitrogens with one attached hydrogen (secondary N) is 1. The van der Waals surface area contributed by atoms with Crippen LogP contribution in [0.2, 0.25) is 0 Å². The molecule has 5 heteroatoms. The number of imidazole rings is 1. The molecule has 2 aromatic heterocycles. The third-order valence-corrected chi connectivity index (χ3v) is 3.67. The Morgan fingerprint density at radius 3 is 2.88 bits per heavy atom. The van der Waals surface area contributed by atoms with Crippen LogP contribution in [-0.4, -0.2) is 27.1 Å². The third-order valence-electron chi connectivity index (χ3n) is 3.67. The maximum Gasteiger partial charge on any atom is 0.137 e. The highest BCUT2D eigenvalue weighted by Crippen LogP contribution is 2.20. The fraction of sp³-hybridized carbons (Fsp3) is 0.316. The molecule has 0 radical (unpaired) electrons. The molecule has 0 saturated carbocycles. The van der Waals surface area contributed by atoms with Crippen LogP contribution < -0.4 is 10.1 Å². The Bertz CT molecular complexity index is 765. The van der Waals surface area contributed by atoms with E-state index in [0.717, 1.165) is 22.7 Å². The first-order valence-electron chi connectivity index (χ1n) is 8.20. The zero-order valence-electron chi connectivity index (χ0n) is 14.0. The molecule has 5 nitrogen and oxygen atoms in total. The van der Waals surface area contributed by atoms with Gasteiger partial charge in [0.05, 0.1) is 17.9 Å². The molecule has 3 aromatic rings. The summed E-state index contributed by atoms with van der Waals surface area (Å²) in [5, 5.41) is 13.6. The van der Waals surface area contributed by atoms with Crippen molar-refractivity contribution in [3.8, 4) is 5.75 Å². The molecular weight excluding hydrogens is 302 g/mol. The van der Waals surface area contributed by atoms with E-state index < -0.39 is 6.10 Å². The number of ether oxygens (including phenoxy) is 1. The average molecular weight is 325 g/mol. The van der Waals surface area contributed by atoms with Gasteiger partial charge < -0.3 is 19.6 Å². The number of nitrogens with zero attached hydrogens (tertiary/aromatic N) is 2. The zero-order chi connectivity index (χ0) is 16.9. The quantitative estimate of drug-likeness (QED) is 0.701. The van der Waals surface area contributed by atoms with Crippen molar-refractivity contribution in [1.29, 1.82) is 0 Å². The molecule has 0 amide bonds. The molecule has 0 saturated heterocycles. The first-order valence-corrected chi connectivity index (χ1v) is 8.20. The van der Waals surface area contributed by atoms with Gasteiger partial charge >= 0.3 is 0 Å². The summed E-state index contributed by atoms with van der Waals surface area (Å²) in [6.45, 7) is 5.04. The first kappa shape index (κ1) is 16.5. The van der Waals surface area contributed by atoms with Crippen molar-refractivity contribution >= 4 is 5.65 Å². The van der Waals surface area contributed by atoms with E-state index >= 15 is 0 Å². The fourth-order valence-electron chi connectivity index (χ4n) is 2.59. The van der Waals surface area contributed by atoms with Crippen molar-refractivity contribution in [1.82, 2.24) is 14.7 Å². The van der Waals surface area contributed by atoms with E-state index in [1.807, 2.05) is 73.1 Å². The molecule has 1 aromatic carbocycles. The molecule has 0 spiro atoms. The number of fused-ring (bicyclic) bond motifs is 1. The minimum Gasteiger partial charge on any atom is -0.491 e. The molecule has 0 bridgehead atoms. The average Bonchev–Trinajstić information content (AvgIpc) is 2.97. The predicted molar refractivity (Wildman–Crippen MR) is 94.1 cm³/mol. The second kappa shape index (κ2) is 7.47. The fourth-order valence-corrected chi connectivity index (χ4v) is 2.59. The van der Waals surface area contributed by atoms with Crippen molar-refractivity contribution in [3.63, 3.8) is 0 Å². The summed E-state index contributed by atoms with van der Waals surface area (Å²) in [4.78, 5) is 4.53. The highest BCUT2D eigenvalue weighted by molar-refractivity contribution is 5.39. The van der Waals surface area contributed by atoms with E-state index in [-0.39, 0.29) is 6.10 Å². The van der Waals surface area contributed by atoms with Gasteiger partial charge in [0.25, 0.3) is 0 Å². The minimum absolute atomic E-state index is 0.116. The maximum atomic E-state index is 10.4. The molecule has 0 aliphatic rings. The Labute approximate surface area is 141 Å². The second-order valence-electron chi connectivity index (χ2n) is 6.08. The number of aliphatic hydroxyl groups is 1. The Balaban J connectivity index is 1.56. The standard InChI is InChI=1S/C19H23N3O2/c1-14(2)24-17-7-5-6-15(10-17)18(23)12-20-11-16-13-22-9-4-3-8-19(22)21-16/h3-10,13-14,18,20,23H,11-12H2,1-2H3. The Hall–Kier alpha value is -2.37. The summed E-state index contributed by atoms with van der Waals surface area (Å²) in [7, 11) is 0. The lowest BCUT2D eigenvalue weighted by molar-refractivity contribution is 0.173. The van der Waals surface area contributed by atoms with E-state index in [0.29, 0.717) is 13.1 Å². The van der Waals surface area contributed by atoms with E-state index in [1.54, 1.807) is 0 Å². The van der Waals surface area contributed by atoms with Crippen molar-refractivity contribution in [3.05, 3.63) is 66.1 Å². The van der Waals surface area contributed by atoms with Gasteiger partial charge in [-0.3, -0.25) is 0 Å². The van der Waals surface area contributed by atoms with Gasteiger partial charge in [0.15, 0.2) is 0 Å². The van der Waals surface area contributed by atoms with Gasteiger partial charge in [0, 0.05) is 25.5 Å². The van der Waals surface area contributed by atoms with Gasteiger partial charge in [-0.05, 0) is 43.7 Å². The van der Waals surface area contributed by atoms with Crippen molar-refractivity contribution < 1.29 is 9.84 Å². The summed E-state index contributed by atoms with van der Waals surface area (Å²) in [6, 6.07) is 13.5. The SMILES string of the molecule is CC(C)Oc1cccc(C(O)CNCc2cn3ccccc3n2)c1. The van der Waals surface area contributed by atoms with Gasteiger partial charge in [0.2, 0.25) is 0 Å². The van der Waals surface area contributed by atoms with Crippen LogP contribution in [-0.2, 0) is 6.54 Å². The van der Waals surface area contributed by atoms with Crippen molar-refractivity contribution in [2.24, 2.45) is 0 Å². The topological polar surface area (TPSA) is 58.8 Å². The third kappa shape index (κ3) is 4.13. The van der Waals surface area contributed by atoms with Crippen LogP contribution in [0, 0.1) is 0 Å². The maximum absolute atomic E-state index is 10.4. The van der Waals surface area contributed by atoms with Gasteiger partial charge in [-0.25, -0.2) is 4.98 Å². The number of hydrogen-bond acceptors (Lipinski definition) is 4. The van der Waals surface area contributed by atoms with Gasteiger partial charge in [-0.2, -0.15) is 0 Å². The van der Waals surface area contributed by atoms with Crippen LogP contribution in [0.15, 0.2) is 54.9 Å². The lowest BCUT2D eigenvalue weighted by Crippen LogP contribution is -2.21. The van der Waals surface area contributed by atoms with Crippen LogP contribution >= 0.6 is 0 Å². The lowest BCUT2D eigenvalue weighted by atomic mass is 10.1. The molecule has 2 N–H and O–H groups in total. The van der Waals surface area contributed by atoms with Gasteiger partial charge in [-0.15, -0.1) is 0 Å². The van der Waals surface area contributed by atoms with Crippen molar-refractivity contribution in [2.45, 2.75) is 32.6 Å². The lowest BCUT2D eigenvalue weighted by Gasteiger charge is -2.14. The molecule has 3 rings (SSSR count). The molecule has 24 heavy (non-hydrogen) atoms. The number of pyridine rings is 1. The normalized spacial score (nSPS) is 12.7. The first-order chi connectivity index (χ1) is 11.6. The van der Waals surface area contributed by atoms with E-state index in [1.165, 1.54) is 0 Å². The summed E-state index contributed by atoms with van der Waals surface area (Å²) >= 11 is 0. The number of aromatic nitrogens is 2. The van der Waals surface area contributed by atoms with E-state index in [9.17, 15) is 5.11 Å². The molecule has 0 fully saturated rings. The Morgan fingerprint density at radius 2 is 2.08 bits per heavy atom. The van der Waals surface area contributed by atoms with Crippen LogP contribution in [0.4, 0.5) is 0 Å². The molecule has 126 valence electrons. The Kier molecular flexibility index (Phi) is 5.13. The van der Waals surface area contributed by atoms with E-state index in [2.05, 4.69) is 10.3 Å². The second-order valence-corrected chi connectivity index (χ2v) is 6.08. The summed E-state index contributed by atoms with van der Waals surface area (Å²) < 4.78 is 7.65. The molecule has 1 atom stereocenters. The monoisotopic (exact) mass is 325 g/mol. The highest BCUT2D eigenvalue weighted by atomic mass is 16.5.